The molecule has 0 N–H and O–H groups in total. The third-order valence-electron chi connectivity index (χ3n) is 3.56. The maximum absolute atomic E-state index is 11.2. The molecule has 0 spiro atoms. The first kappa shape index (κ1) is 14.7. The molecule has 0 aliphatic rings. The topological polar surface area (TPSA) is 31.2 Å². The molecule has 0 saturated heterocycles. The van der Waals surface area contributed by atoms with E-state index in [1.165, 1.54) is 0 Å². The van der Waals surface area contributed by atoms with Crippen LogP contribution in [0.3, 0.4) is 0 Å². The number of halogens is 1. The van der Waals surface area contributed by atoms with E-state index in [2.05, 4.69) is 4.57 Å². The Morgan fingerprint density at radius 1 is 1.14 bits per heavy atom. The van der Waals surface area contributed by atoms with Crippen LogP contribution < -0.4 is 4.74 Å². The van der Waals surface area contributed by atoms with Crippen LogP contribution in [-0.2, 0) is 6.54 Å². The fourth-order valence-corrected chi connectivity index (χ4v) is 2.69. The number of aryl methyl sites for hydroxylation is 1. The summed E-state index contributed by atoms with van der Waals surface area (Å²) >= 11 is 6.01. The van der Waals surface area contributed by atoms with Crippen molar-refractivity contribution in [3.63, 3.8) is 0 Å². The van der Waals surface area contributed by atoms with E-state index in [1.54, 1.807) is 0 Å². The maximum Gasteiger partial charge on any atom is 0.152 e. The zero-order valence-electron chi connectivity index (χ0n) is 12.0. The third-order valence-corrected chi connectivity index (χ3v) is 3.79. The highest BCUT2D eigenvalue weighted by Gasteiger charge is 2.08. The van der Waals surface area contributed by atoms with Crippen LogP contribution in [0.15, 0.2) is 54.7 Å². The Bertz CT molecular complexity index is 780. The SMILES string of the molecule is O=Cc1cn(CCCOc2ccccc2)c2ccc(Cl)cc12. The summed E-state index contributed by atoms with van der Waals surface area (Å²) in [6.45, 7) is 1.42. The minimum atomic E-state index is 0.633. The number of carbonyl (C=O) groups excluding carboxylic acids is 1. The number of fused-ring (bicyclic) bond motifs is 1. The average molecular weight is 314 g/mol. The van der Waals surface area contributed by atoms with Gasteiger partial charge < -0.3 is 9.30 Å². The van der Waals surface area contributed by atoms with E-state index in [4.69, 9.17) is 16.3 Å². The van der Waals surface area contributed by atoms with Crippen LogP contribution >= 0.6 is 11.6 Å². The lowest BCUT2D eigenvalue weighted by Gasteiger charge is -2.07. The van der Waals surface area contributed by atoms with Gasteiger partial charge in [0.25, 0.3) is 0 Å². The van der Waals surface area contributed by atoms with Gasteiger partial charge in [0.2, 0.25) is 0 Å². The predicted molar refractivity (Wildman–Crippen MR) is 88.9 cm³/mol. The lowest BCUT2D eigenvalue weighted by atomic mass is 10.2. The second-order valence-electron chi connectivity index (χ2n) is 5.07. The number of carbonyl (C=O) groups is 1. The highest BCUT2D eigenvalue weighted by atomic mass is 35.5. The summed E-state index contributed by atoms with van der Waals surface area (Å²) in [6.07, 6.45) is 3.60. The minimum Gasteiger partial charge on any atom is -0.494 e. The van der Waals surface area contributed by atoms with Gasteiger partial charge in [0.15, 0.2) is 6.29 Å². The number of hydrogen-bond donors (Lipinski definition) is 0. The van der Waals surface area contributed by atoms with E-state index in [0.717, 1.165) is 35.9 Å². The molecule has 0 amide bonds. The lowest BCUT2D eigenvalue weighted by molar-refractivity contribution is 0.112. The van der Waals surface area contributed by atoms with Gasteiger partial charge in [-0.3, -0.25) is 4.79 Å². The largest absolute Gasteiger partial charge is 0.494 e. The number of nitrogens with zero attached hydrogens (tertiary/aromatic N) is 1. The quantitative estimate of drug-likeness (QED) is 0.493. The van der Waals surface area contributed by atoms with Gasteiger partial charge in [0.05, 0.1) is 6.61 Å². The molecule has 0 aliphatic carbocycles. The van der Waals surface area contributed by atoms with Crippen molar-refractivity contribution >= 4 is 28.8 Å². The highest BCUT2D eigenvalue weighted by molar-refractivity contribution is 6.31. The molecule has 0 aliphatic heterocycles. The van der Waals surface area contributed by atoms with Crippen LogP contribution in [0.5, 0.6) is 5.75 Å². The Morgan fingerprint density at radius 3 is 2.73 bits per heavy atom. The van der Waals surface area contributed by atoms with Gasteiger partial charge in [-0.2, -0.15) is 0 Å². The predicted octanol–water partition coefficient (Wildman–Crippen LogP) is 4.58. The average Bonchev–Trinajstić information content (AvgIpc) is 2.89. The van der Waals surface area contributed by atoms with Crippen molar-refractivity contribution in [2.45, 2.75) is 13.0 Å². The lowest BCUT2D eigenvalue weighted by Crippen LogP contribution is -2.03. The molecule has 22 heavy (non-hydrogen) atoms. The van der Waals surface area contributed by atoms with Gasteiger partial charge in [-0.15, -0.1) is 0 Å². The zero-order chi connectivity index (χ0) is 15.4. The Morgan fingerprint density at radius 2 is 1.95 bits per heavy atom. The number of ether oxygens (including phenoxy) is 1. The van der Waals surface area contributed by atoms with Crippen molar-refractivity contribution in [1.29, 1.82) is 0 Å². The number of hydrogen-bond acceptors (Lipinski definition) is 2. The molecule has 0 radical (unpaired) electrons. The molecule has 1 heterocycles. The summed E-state index contributed by atoms with van der Waals surface area (Å²) in [7, 11) is 0. The normalized spacial score (nSPS) is 10.8. The van der Waals surface area contributed by atoms with Crippen LogP contribution in [-0.4, -0.2) is 17.5 Å². The monoisotopic (exact) mass is 313 g/mol. The molecule has 3 rings (SSSR count). The molecule has 0 bridgehead atoms. The zero-order valence-corrected chi connectivity index (χ0v) is 12.8. The number of aldehydes is 1. The van der Waals surface area contributed by atoms with Gasteiger partial charge in [0.1, 0.15) is 5.75 Å². The molecular weight excluding hydrogens is 298 g/mol. The van der Waals surface area contributed by atoms with Gasteiger partial charge in [-0.1, -0.05) is 29.8 Å². The van der Waals surface area contributed by atoms with Crippen molar-refractivity contribution in [1.82, 2.24) is 4.57 Å². The van der Waals surface area contributed by atoms with Crippen molar-refractivity contribution < 1.29 is 9.53 Å². The maximum atomic E-state index is 11.2. The highest BCUT2D eigenvalue weighted by Crippen LogP contribution is 2.24. The van der Waals surface area contributed by atoms with Crippen molar-refractivity contribution in [2.75, 3.05) is 6.61 Å². The first-order chi connectivity index (χ1) is 10.8. The third kappa shape index (κ3) is 3.15. The Hall–Kier alpha value is -2.26. The standard InChI is InChI=1S/C18H16ClNO2/c19-15-7-8-18-17(11-15)14(13-21)12-20(18)9-4-10-22-16-5-2-1-3-6-16/h1-3,5-8,11-13H,4,9-10H2. The Labute approximate surface area is 134 Å². The summed E-state index contributed by atoms with van der Waals surface area (Å²) in [6, 6.07) is 15.4. The van der Waals surface area contributed by atoms with E-state index in [-0.39, 0.29) is 0 Å². The smallest absolute Gasteiger partial charge is 0.152 e. The number of aromatic nitrogens is 1. The second-order valence-corrected chi connectivity index (χ2v) is 5.51. The summed E-state index contributed by atoms with van der Waals surface area (Å²) < 4.78 is 7.76. The summed E-state index contributed by atoms with van der Waals surface area (Å²) in [5.74, 6) is 0.875. The molecule has 2 aromatic carbocycles. The molecule has 4 heteroatoms. The van der Waals surface area contributed by atoms with Crippen LogP contribution in [0.4, 0.5) is 0 Å². The summed E-state index contributed by atoms with van der Waals surface area (Å²) in [5, 5.41) is 1.53. The van der Waals surface area contributed by atoms with Crippen molar-refractivity contribution in [2.24, 2.45) is 0 Å². The first-order valence-electron chi connectivity index (χ1n) is 7.19. The molecule has 3 aromatic rings. The fraction of sp³-hybridized carbons (Fsp3) is 0.167. The number of benzene rings is 2. The van der Waals surface area contributed by atoms with Crippen LogP contribution in [0.1, 0.15) is 16.8 Å². The van der Waals surface area contributed by atoms with E-state index in [1.807, 2.05) is 54.7 Å². The Balaban J connectivity index is 1.68. The van der Waals surface area contributed by atoms with Crippen molar-refractivity contribution in [3.8, 4) is 5.75 Å². The fourth-order valence-electron chi connectivity index (χ4n) is 2.52. The van der Waals surface area contributed by atoms with E-state index in [0.29, 0.717) is 17.2 Å². The van der Waals surface area contributed by atoms with E-state index < -0.39 is 0 Å². The number of rotatable bonds is 6. The van der Waals surface area contributed by atoms with Crippen LogP contribution in [0, 0.1) is 0 Å². The minimum absolute atomic E-state index is 0.633. The van der Waals surface area contributed by atoms with Gasteiger partial charge in [-0.05, 0) is 36.8 Å². The summed E-state index contributed by atoms with van der Waals surface area (Å²) in [5.41, 5.74) is 1.69. The second kappa shape index (κ2) is 6.67. The molecule has 0 saturated carbocycles. The van der Waals surface area contributed by atoms with Crippen molar-refractivity contribution in [3.05, 3.63) is 65.3 Å². The number of para-hydroxylation sites is 1. The van der Waals surface area contributed by atoms with Crippen LogP contribution in [0.25, 0.3) is 10.9 Å². The molecule has 3 nitrogen and oxygen atoms in total. The van der Waals surface area contributed by atoms with Crippen LogP contribution in [0.2, 0.25) is 5.02 Å². The Kier molecular flexibility index (Phi) is 4.45. The first-order valence-corrected chi connectivity index (χ1v) is 7.57. The van der Waals surface area contributed by atoms with Gasteiger partial charge >= 0.3 is 0 Å². The van der Waals surface area contributed by atoms with E-state index >= 15 is 0 Å². The van der Waals surface area contributed by atoms with Gasteiger partial charge in [-0.25, -0.2) is 0 Å². The molecule has 1 aromatic heterocycles. The molecule has 0 unspecified atom stereocenters. The molecular formula is C18H16ClNO2. The molecule has 112 valence electrons. The van der Waals surface area contributed by atoms with Gasteiger partial charge in [0, 0.05) is 34.2 Å². The molecule has 0 fully saturated rings. The molecule has 0 atom stereocenters. The summed E-state index contributed by atoms with van der Waals surface area (Å²) in [4.78, 5) is 11.2. The van der Waals surface area contributed by atoms with E-state index in [9.17, 15) is 4.79 Å².